The molecule has 0 aliphatic rings. The highest BCUT2D eigenvalue weighted by Crippen LogP contribution is 2.42. The second kappa shape index (κ2) is 8.22. The Hall–Kier alpha value is -3.07. The van der Waals surface area contributed by atoms with Crippen molar-refractivity contribution in [3.8, 4) is 17.1 Å². The predicted octanol–water partition coefficient (Wildman–Crippen LogP) is 4.90. The minimum Gasteiger partial charge on any atom is -0.489 e. The molecule has 3 rings (SSSR count). The first-order valence-corrected chi connectivity index (χ1v) is 11.5. The Bertz CT molecular complexity index is 1230. The van der Waals surface area contributed by atoms with Crippen LogP contribution in [0.3, 0.4) is 0 Å². The van der Waals surface area contributed by atoms with E-state index in [1.165, 1.54) is 40.7 Å². The number of carbonyl (C=O) groups is 1. The molecule has 31 heavy (non-hydrogen) atoms. The fourth-order valence-corrected chi connectivity index (χ4v) is 4.76. The third-order valence-electron chi connectivity index (χ3n) is 4.52. The minimum atomic E-state index is -3.67. The van der Waals surface area contributed by atoms with Crippen molar-refractivity contribution in [1.82, 2.24) is 0 Å². The zero-order valence-electron chi connectivity index (χ0n) is 17.8. The van der Waals surface area contributed by atoms with Crippen LogP contribution in [0.2, 0.25) is 0 Å². The lowest BCUT2D eigenvalue weighted by atomic mass is 10.0. The number of fused-ring (bicyclic) bond motifs is 1. The molecule has 1 heterocycles. The summed E-state index contributed by atoms with van der Waals surface area (Å²) in [4.78, 5) is 12.1. The van der Waals surface area contributed by atoms with Crippen LogP contribution in [0.15, 0.2) is 40.8 Å². The molecule has 0 bridgehead atoms. The molecule has 9 heteroatoms. The molecular formula is C22H24FNO6S. The zero-order valence-corrected chi connectivity index (χ0v) is 18.7. The van der Waals surface area contributed by atoms with E-state index in [1.54, 1.807) is 27.7 Å². The van der Waals surface area contributed by atoms with Gasteiger partial charge in [-0.05, 0) is 58.0 Å². The number of ether oxygens (including phenoxy) is 1. The lowest BCUT2D eigenvalue weighted by Crippen LogP contribution is -2.36. The van der Waals surface area contributed by atoms with E-state index < -0.39 is 27.9 Å². The van der Waals surface area contributed by atoms with Gasteiger partial charge in [0.25, 0.3) is 0 Å². The van der Waals surface area contributed by atoms with Gasteiger partial charge in [0.05, 0.1) is 18.0 Å². The lowest BCUT2D eigenvalue weighted by Gasteiger charge is -2.28. The number of sulfonamides is 1. The van der Waals surface area contributed by atoms with Crippen molar-refractivity contribution in [3.05, 3.63) is 47.8 Å². The topological polar surface area (TPSA) is 97.1 Å². The summed E-state index contributed by atoms with van der Waals surface area (Å²) in [7, 11) is -3.67. The molecule has 7 nitrogen and oxygen atoms in total. The van der Waals surface area contributed by atoms with E-state index in [0.717, 1.165) is 6.26 Å². The van der Waals surface area contributed by atoms with Crippen molar-refractivity contribution in [2.75, 3.05) is 10.6 Å². The fourth-order valence-electron chi connectivity index (χ4n) is 3.49. The third kappa shape index (κ3) is 4.51. The average molecular weight is 450 g/mol. The van der Waals surface area contributed by atoms with Gasteiger partial charge in [-0.15, -0.1) is 0 Å². The summed E-state index contributed by atoms with van der Waals surface area (Å²) >= 11 is 0. The second-order valence-electron chi connectivity index (χ2n) is 7.75. The van der Waals surface area contributed by atoms with E-state index in [1.807, 2.05) is 0 Å². The number of nitrogens with zero attached hydrogens (tertiary/aromatic N) is 1. The Morgan fingerprint density at radius 2 is 1.74 bits per heavy atom. The van der Waals surface area contributed by atoms with Crippen molar-refractivity contribution in [2.24, 2.45) is 0 Å². The first kappa shape index (κ1) is 22.6. The summed E-state index contributed by atoms with van der Waals surface area (Å²) in [5, 5.41) is 10.1. The zero-order chi connectivity index (χ0) is 23.1. The largest absolute Gasteiger partial charge is 0.489 e. The summed E-state index contributed by atoms with van der Waals surface area (Å²) in [5.41, 5.74) is 0.691. The van der Waals surface area contributed by atoms with Gasteiger partial charge in [0.15, 0.2) is 0 Å². The summed E-state index contributed by atoms with van der Waals surface area (Å²) in [5.74, 6) is -1.43. The highest BCUT2D eigenvalue weighted by Gasteiger charge is 2.29. The first-order chi connectivity index (χ1) is 14.4. The van der Waals surface area contributed by atoms with Gasteiger partial charge in [0, 0.05) is 23.1 Å². The van der Waals surface area contributed by atoms with Crippen molar-refractivity contribution in [1.29, 1.82) is 0 Å². The molecule has 0 spiro atoms. The number of carboxylic acids is 1. The van der Waals surface area contributed by atoms with E-state index in [0.29, 0.717) is 5.56 Å². The van der Waals surface area contributed by atoms with E-state index in [4.69, 9.17) is 9.15 Å². The Balaban J connectivity index is 2.37. The van der Waals surface area contributed by atoms with Gasteiger partial charge in [0.2, 0.25) is 10.0 Å². The molecule has 0 aliphatic carbocycles. The van der Waals surface area contributed by atoms with Crippen LogP contribution < -0.4 is 9.04 Å². The summed E-state index contributed by atoms with van der Waals surface area (Å²) in [6.07, 6.45) is 0.798. The molecule has 0 unspecified atom stereocenters. The number of aromatic carboxylic acids is 1. The molecule has 0 saturated heterocycles. The Kier molecular flexibility index (Phi) is 6.00. The van der Waals surface area contributed by atoms with Crippen LogP contribution in [0.4, 0.5) is 10.1 Å². The SMILES string of the molecule is CC(C)Oc1cc2c(C(=O)O)c(-c3ccc(F)cc3)oc2cc1N(C(C)C)S(C)(=O)=O. The number of furan rings is 1. The standard InChI is InChI=1S/C22H24FNO6S/c1-12(2)24(31(5,27)28)17-11-18-16(10-19(17)29-13(3)4)20(22(25)26)21(30-18)14-6-8-15(23)9-7-14/h6-13H,1-5H3,(H,25,26). The number of anilines is 1. The maximum absolute atomic E-state index is 13.3. The molecule has 0 radical (unpaired) electrons. The third-order valence-corrected chi connectivity index (χ3v) is 5.85. The number of benzene rings is 2. The second-order valence-corrected chi connectivity index (χ2v) is 9.61. The quantitative estimate of drug-likeness (QED) is 0.551. The van der Waals surface area contributed by atoms with Gasteiger partial charge in [-0.3, -0.25) is 4.31 Å². The van der Waals surface area contributed by atoms with Gasteiger partial charge in [0.1, 0.15) is 28.5 Å². The van der Waals surface area contributed by atoms with Crippen LogP contribution in [0.1, 0.15) is 38.1 Å². The lowest BCUT2D eigenvalue weighted by molar-refractivity contribution is 0.0699. The van der Waals surface area contributed by atoms with Crippen LogP contribution >= 0.6 is 0 Å². The summed E-state index contributed by atoms with van der Waals surface area (Å²) in [6, 6.07) is 7.77. The molecule has 0 aliphatic heterocycles. The Morgan fingerprint density at radius 1 is 1.13 bits per heavy atom. The monoisotopic (exact) mass is 449 g/mol. The van der Waals surface area contributed by atoms with Gasteiger partial charge in [-0.2, -0.15) is 0 Å². The molecule has 0 amide bonds. The molecule has 0 atom stereocenters. The molecule has 0 fully saturated rings. The molecule has 3 aromatic rings. The number of hydrogen-bond acceptors (Lipinski definition) is 5. The van der Waals surface area contributed by atoms with E-state index in [-0.39, 0.29) is 39.8 Å². The van der Waals surface area contributed by atoms with Gasteiger partial charge in [-0.25, -0.2) is 17.6 Å². The van der Waals surface area contributed by atoms with Gasteiger partial charge in [-0.1, -0.05) is 0 Å². The Labute approximate surface area is 180 Å². The maximum Gasteiger partial charge on any atom is 0.340 e. The number of carboxylic acid groups (broad SMARTS) is 1. The smallest absolute Gasteiger partial charge is 0.340 e. The van der Waals surface area contributed by atoms with Gasteiger partial charge >= 0.3 is 5.97 Å². The number of halogens is 1. The average Bonchev–Trinajstić information content (AvgIpc) is 2.99. The first-order valence-electron chi connectivity index (χ1n) is 9.66. The van der Waals surface area contributed by atoms with Crippen LogP contribution in [-0.4, -0.2) is 37.9 Å². The van der Waals surface area contributed by atoms with Crippen molar-refractivity contribution in [3.63, 3.8) is 0 Å². The maximum atomic E-state index is 13.3. The molecule has 1 aromatic heterocycles. The predicted molar refractivity (Wildman–Crippen MR) is 117 cm³/mol. The number of hydrogen-bond donors (Lipinski definition) is 1. The summed E-state index contributed by atoms with van der Waals surface area (Å²) in [6.45, 7) is 7.01. The molecular weight excluding hydrogens is 425 g/mol. The van der Waals surface area contributed by atoms with Gasteiger partial charge < -0.3 is 14.3 Å². The highest BCUT2D eigenvalue weighted by atomic mass is 32.2. The van der Waals surface area contributed by atoms with Crippen molar-refractivity contribution < 1.29 is 31.9 Å². The van der Waals surface area contributed by atoms with Crippen LogP contribution in [0.5, 0.6) is 5.75 Å². The van der Waals surface area contributed by atoms with Crippen molar-refractivity contribution in [2.45, 2.75) is 39.8 Å². The molecule has 2 aromatic carbocycles. The highest BCUT2D eigenvalue weighted by molar-refractivity contribution is 7.92. The van der Waals surface area contributed by atoms with Crippen LogP contribution in [0, 0.1) is 5.82 Å². The molecule has 1 N–H and O–H groups in total. The van der Waals surface area contributed by atoms with Crippen LogP contribution in [0.25, 0.3) is 22.3 Å². The van der Waals surface area contributed by atoms with Crippen molar-refractivity contribution >= 4 is 32.6 Å². The number of rotatable bonds is 7. The molecule has 0 saturated carbocycles. The molecule has 166 valence electrons. The fraction of sp³-hybridized carbons (Fsp3) is 0.318. The minimum absolute atomic E-state index is 0.0469. The van der Waals surface area contributed by atoms with Crippen LogP contribution in [-0.2, 0) is 10.0 Å². The normalized spacial score (nSPS) is 12.0. The Morgan fingerprint density at radius 3 is 2.23 bits per heavy atom. The van der Waals surface area contributed by atoms with E-state index >= 15 is 0 Å². The summed E-state index contributed by atoms with van der Waals surface area (Å²) < 4.78 is 51.2. The van der Waals surface area contributed by atoms with E-state index in [2.05, 4.69) is 0 Å². The van der Waals surface area contributed by atoms with E-state index in [9.17, 15) is 22.7 Å².